The smallest absolute Gasteiger partial charge is 0.299 e. The van der Waals surface area contributed by atoms with Crippen molar-refractivity contribution >= 4 is 34.2 Å². The Morgan fingerprint density at radius 2 is 1.56 bits per heavy atom. The molecule has 0 amide bonds. The third kappa shape index (κ3) is 3.46. The number of rotatable bonds is 4. The molecule has 1 aliphatic heterocycles. The molecule has 0 aliphatic carbocycles. The van der Waals surface area contributed by atoms with E-state index in [0.717, 1.165) is 11.1 Å². The van der Waals surface area contributed by atoms with Gasteiger partial charge in [-0.1, -0.05) is 29.8 Å². The number of nitrogens with zero attached hydrogens (tertiary/aromatic N) is 3. The molecule has 8 heteroatoms. The molecular formula is C17H14ClN3O4. The van der Waals surface area contributed by atoms with E-state index in [1.165, 1.54) is 18.2 Å². The van der Waals surface area contributed by atoms with Crippen molar-refractivity contribution in [2.75, 3.05) is 18.0 Å². The van der Waals surface area contributed by atoms with Crippen LogP contribution in [0.5, 0.6) is 0 Å². The van der Waals surface area contributed by atoms with Gasteiger partial charge in [-0.05, 0) is 35.8 Å². The number of hydrogen-bond acceptors (Lipinski definition) is 5. The maximum Gasteiger partial charge on any atom is 0.299 e. The number of anilines is 1. The lowest BCUT2D eigenvalue weighted by molar-refractivity contribution is -0.392. The Morgan fingerprint density at radius 3 is 2.04 bits per heavy atom. The van der Waals surface area contributed by atoms with Gasteiger partial charge in [0.15, 0.2) is 5.69 Å². The fraction of sp³-hybridized carbons (Fsp3) is 0.176. The van der Waals surface area contributed by atoms with E-state index in [9.17, 15) is 20.2 Å². The molecule has 2 aromatic carbocycles. The van der Waals surface area contributed by atoms with Gasteiger partial charge < -0.3 is 4.90 Å². The van der Waals surface area contributed by atoms with Crippen LogP contribution in [0, 0.1) is 20.2 Å². The minimum Gasteiger partial charge on any atom is -0.356 e. The molecule has 0 aromatic heterocycles. The van der Waals surface area contributed by atoms with Crippen LogP contribution in [-0.4, -0.2) is 22.9 Å². The van der Waals surface area contributed by atoms with Gasteiger partial charge in [-0.15, -0.1) is 0 Å². The van der Waals surface area contributed by atoms with Crippen molar-refractivity contribution in [3.05, 3.63) is 79.4 Å². The molecule has 0 saturated heterocycles. The second-order valence-corrected chi connectivity index (χ2v) is 6.03. The lowest BCUT2D eigenvalue weighted by atomic mass is 9.99. The molecular weight excluding hydrogens is 346 g/mol. The molecule has 0 spiro atoms. The SMILES string of the molecule is O=[N+]([O-])c1cccc([N+](=O)[O-])c1N1CC=C(c2ccc(Cl)cc2)CC1. The number of benzene rings is 2. The van der Waals surface area contributed by atoms with Gasteiger partial charge >= 0.3 is 0 Å². The van der Waals surface area contributed by atoms with E-state index in [1.54, 1.807) is 17.0 Å². The first-order valence-corrected chi connectivity index (χ1v) is 7.97. The van der Waals surface area contributed by atoms with E-state index >= 15 is 0 Å². The van der Waals surface area contributed by atoms with Gasteiger partial charge in [-0.3, -0.25) is 20.2 Å². The highest BCUT2D eigenvalue weighted by Gasteiger charge is 2.30. The molecule has 0 bridgehead atoms. The first-order chi connectivity index (χ1) is 12.0. The zero-order chi connectivity index (χ0) is 18.0. The molecule has 2 aromatic rings. The molecule has 25 heavy (non-hydrogen) atoms. The topological polar surface area (TPSA) is 89.5 Å². The van der Waals surface area contributed by atoms with Crippen LogP contribution in [0.1, 0.15) is 12.0 Å². The zero-order valence-corrected chi connectivity index (χ0v) is 13.8. The standard InChI is InChI=1S/C17H14ClN3O4/c18-14-6-4-12(5-7-14)13-8-10-19(11-9-13)17-15(20(22)23)2-1-3-16(17)21(24)25/h1-8H,9-11H2. The average Bonchev–Trinajstić information content (AvgIpc) is 2.62. The minimum atomic E-state index is -0.583. The quantitative estimate of drug-likeness (QED) is 0.594. The van der Waals surface area contributed by atoms with E-state index in [-0.39, 0.29) is 17.1 Å². The Hall–Kier alpha value is -2.93. The van der Waals surface area contributed by atoms with E-state index in [0.29, 0.717) is 24.5 Å². The molecule has 0 saturated carbocycles. The monoisotopic (exact) mass is 359 g/mol. The Kier molecular flexibility index (Phi) is 4.67. The number of para-hydroxylation sites is 1. The highest BCUT2D eigenvalue weighted by molar-refractivity contribution is 6.30. The van der Waals surface area contributed by atoms with Crippen LogP contribution < -0.4 is 4.90 Å². The van der Waals surface area contributed by atoms with Crippen LogP contribution in [0.2, 0.25) is 5.02 Å². The van der Waals surface area contributed by atoms with Gasteiger partial charge in [0, 0.05) is 30.2 Å². The van der Waals surface area contributed by atoms with Crippen LogP contribution in [0.3, 0.4) is 0 Å². The Bertz CT molecular complexity index is 832. The number of nitro groups is 2. The van der Waals surface area contributed by atoms with Crippen LogP contribution >= 0.6 is 11.6 Å². The largest absolute Gasteiger partial charge is 0.356 e. The summed E-state index contributed by atoms with van der Waals surface area (Å²) in [6.45, 7) is 0.823. The predicted molar refractivity (Wildman–Crippen MR) is 96.0 cm³/mol. The highest BCUT2D eigenvalue weighted by atomic mass is 35.5. The predicted octanol–water partition coefficient (Wildman–Crippen LogP) is 4.45. The summed E-state index contributed by atoms with van der Waals surface area (Å²) in [5.41, 5.74) is 1.68. The molecule has 128 valence electrons. The van der Waals surface area contributed by atoms with E-state index in [1.807, 2.05) is 18.2 Å². The molecule has 1 heterocycles. The van der Waals surface area contributed by atoms with E-state index in [4.69, 9.17) is 11.6 Å². The maximum absolute atomic E-state index is 11.3. The normalized spacial score (nSPS) is 14.1. The van der Waals surface area contributed by atoms with Crippen molar-refractivity contribution in [2.45, 2.75) is 6.42 Å². The molecule has 0 fully saturated rings. The molecule has 3 rings (SSSR count). The lowest BCUT2D eigenvalue weighted by Gasteiger charge is -2.27. The Balaban J connectivity index is 1.93. The van der Waals surface area contributed by atoms with Gasteiger partial charge in [0.05, 0.1) is 9.85 Å². The second-order valence-electron chi connectivity index (χ2n) is 5.59. The number of hydrogen-bond donors (Lipinski definition) is 0. The highest BCUT2D eigenvalue weighted by Crippen LogP contribution is 2.39. The van der Waals surface area contributed by atoms with Crippen LogP contribution in [-0.2, 0) is 0 Å². The second kappa shape index (κ2) is 6.90. The molecule has 0 N–H and O–H groups in total. The Morgan fingerprint density at radius 1 is 0.960 bits per heavy atom. The minimum absolute atomic E-state index is 0.0592. The average molecular weight is 360 g/mol. The summed E-state index contributed by atoms with van der Waals surface area (Å²) >= 11 is 5.89. The van der Waals surface area contributed by atoms with Gasteiger partial charge in [-0.2, -0.15) is 0 Å². The summed E-state index contributed by atoms with van der Waals surface area (Å²) in [6.07, 6.45) is 2.57. The third-order valence-electron chi connectivity index (χ3n) is 4.13. The van der Waals surface area contributed by atoms with Crippen molar-refractivity contribution < 1.29 is 9.85 Å². The summed E-state index contributed by atoms with van der Waals surface area (Å²) in [5.74, 6) is 0. The first-order valence-electron chi connectivity index (χ1n) is 7.59. The number of halogens is 1. The van der Waals surface area contributed by atoms with Crippen molar-refractivity contribution in [1.82, 2.24) is 0 Å². The lowest BCUT2D eigenvalue weighted by Crippen LogP contribution is -2.29. The van der Waals surface area contributed by atoms with Crippen molar-refractivity contribution in [3.63, 3.8) is 0 Å². The van der Waals surface area contributed by atoms with E-state index in [2.05, 4.69) is 0 Å². The van der Waals surface area contributed by atoms with Crippen LogP contribution in [0.15, 0.2) is 48.5 Å². The number of nitro benzene ring substituents is 2. The van der Waals surface area contributed by atoms with Gasteiger partial charge in [0.2, 0.25) is 0 Å². The van der Waals surface area contributed by atoms with Crippen LogP contribution in [0.25, 0.3) is 5.57 Å². The molecule has 1 aliphatic rings. The summed E-state index contributed by atoms with van der Waals surface area (Å²) in [4.78, 5) is 23.1. The first kappa shape index (κ1) is 16.9. The summed E-state index contributed by atoms with van der Waals surface area (Å²) in [5, 5.41) is 23.2. The van der Waals surface area contributed by atoms with Gasteiger partial charge in [0.1, 0.15) is 0 Å². The summed E-state index contributed by atoms with van der Waals surface area (Å²) in [7, 11) is 0. The summed E-state index contributed by atoms with van der Waals surface area (Å²) in [6, 6.07) is 11.3. The van der Waals surface area contributed by atoms with Crippen LogP contribution in [0.4, 0.5) is 17.1 Å². The fourth-order valence-corrected chi connectivity index (χ4v) is 3.06. The maximum atomic E-state index is 11.3. The van der Waals surface area contributed by atoms with E-state index < -0.39 is 9.85 Å². The molecule has 0 atom stereocenters. The fourth-order valence-electron chi connectivity index (χ4n) is 2.94. The van der Waals surface area contributed by atoms with Crippen molar-refractivity contribution in [3.8, 4) is 0 Å². The zero-order valence-electron chi connectivity index (χ0n) is 13.1. The summed E-state index contributed by atoms with van der Waals surface area (Å²) < 4.78 is 0. The molecule has 0 unspecified atom stereocenters. The van der Waals surface area contributed by atoms with Gasteiger partial charge in [-0.25, -0.2) is 0 Å². The molecule has 0 radical (unpaired) electrons. The van der Waals surface area contributed by atoms with Crippen molar-refractivity contribution in [1.29, 1.82) is 0 Å². The molecule has 7 nitrogen and oxygen atoms in total. The Labute approximate surface area is 148 Å². The van der Waals surface area contributed by atoms with Crippen molar-refractivity contribution in [2.24, 2.45) is 0 Å². The van der Waals surface area contributed by atoms with Gasteiger partial charge in [0.25, 0.3) is 11.4 Å². The third-order valence-corrected chi connectivity index (χ3v) is 4.38.